The second kappa shape index (κ2) is 19.0. The highest BCUT2D eigenvalue weighted by atomic mass is 16.3. The molecule has 0 radical (unpaired) electrons. The molecule has 2 fully saturated rings. The molecule has 9 amide bonds. The lowest BCUT2D eigenvalue weighted by atomic mass is 10.1. The second-order valence-corrected chi connectivity index (χ2v) is 11.0. The molecule has 20 heteroatoms. The van der Waals surface area contributed by atoms with Crippen molar-refractivity contribution in [2.45, 2.75) is 75.7 Å². The van der Waals surface area contributed by atoms with Gasteiger partial charge in [-0.2, -0.15) is 0 Å². The number of nitrogens with zero attached hydrogens (tertiary/aromatic N) is 1. The number of nitrogens with one attached hydrogen (secondary N) is 7. The summed E-state index contributed by atoms with van der Waals surface area (Å²) in [7, 11) is 0. The molecule has 262 valence electrons. The van der Waals surface area contributed by atoms with Gasteiger partial charge in [-0.05, 0) is 19.3 Å². The van der Waals surface area contributed by atoms with Crippen LogP contribution in [-0.4, -0.2) is 138 Å². The molecule has 0 aromatic carbocycles. The first-order valence-electron chi connectivity index (χ1n) is 15.1. The Morgan fingerprint density at radius 1 is 0.787 bits per heavy atom. The van der Waals surface area contributed by atoms with E-state index in [1.54, 1.807) is 6.92 Å². The smallest absolute Gasteiger partial charge is 0.246 e. The van der Waals surface area contributed by atoms with Gasteiger partial charge in [0.05, 0.1) is 45.3 Å². The number of amides is 9. The van der Waals surface area contributed by atoms with E-state index < -0.39 is 129 Å². The summed E-state index contributed by atoms with van der Waals surface area (Å²) in [6.07, 6.45) is -1.42. The van der Waals surface area contributed by atoms with Crippen LogP contribution in [0.4, 0.5) is 0 Å². The van der Waals surface area contributed by atoms with Gasteiger partial charge >= 0.3 is 0 Å². The topological polar surface area (TPSA) is 308 Å². The van der Waals surface area contributed by atoms with Crippen LogP contribution in [0.25, 0.3) is 0 Å². The van der Waals surface area contributed by atoms with Crippen LogP contribution in [0.1, 0.15) is 45.4 Å². The Morgan fingerprint density at radius 2 is 1.32 bits per heavy atom. The molecule has 0 aromatic rings. The van der Waals surface area contributed by atoms with Crippen LogP contribution in [0.5, 0.6) is 0 Å². The summed E-state index contributed by atoms with van der Waals surface area (Å²) in [6.45, 7) is -1.40. The predicted molar refractivity (Wildman–Crippen MR) is 159 cm³/mol. The Hall–Kier alpha value is -4.85. The van der Waals surface area contributed by atoms with E-state index in [2.05, 4.69) is 37.2 Å². The molecule has 0 spiro atoms. The number of carbonyl (C=O) groups excluding carboxylic acids is 9. The molecule has 2 saturated heterocycles. The van der Waals surface area contributed by atoms with Gasteiger partial charge in [0, 0.05) is 13.0 Å². The number of rotatable bonds is 7. The van der Waals surface area contributed by atoms with Gasteiger partial charge in [-0.1, -0.05) is 13.3 Å². The van der Waals surface area contributed by atoms with Crippen LogP contribution >= 0.6 is 0 Å². The summed E-state index contributed by atoms with van der Waals surface area (Å²) >= 11 is 0. The lowest BCUT2D eigenvalue weighted by Crippen LogP contribution is -2.58. The van der Waals surface area contributed by atoms with Crippen LogP contribution in [-0.2, 0) is 43.2 Å². The highest BCUT2D eigenvalue weighted by molar-refractivity contribution is 5.98. The first-order chi connectivity index (χ1) is 22.2. The van der Waals surface area contributed by atoms with Gasteiger partial charge in [0.15, 0.2) is 0 Å². The fraction of sp³-hybridized carbons (Fsp3) is 0.667. The summed E-state index contributed by atoms with van der Waals surface area (Å²) in [5.74, 6) is -7.45. The van der Waals surface area contributed by atoms with Crippen LogP contribution in [0.3, 0.4) is 0 Å². The average Bonchev–Trinajstić information content (AvgIpc) is 3.52. The third-order valence-corrected chi connectivity index (χ3v) is 7.20. The van der Waals surface area contributed by atoms with E-state index >= 15 is 0 Å². The summed E-state index contributed by atoms with van der Waals surface area (Å²) < 4.78 is 0. The summed E-state index contributed by atoms with van der Waals surface area (Å²) in [6, 6.07) is -5.21. The van der Waals surface area contributed by atoms with E-state index in [4.69, 9.17) is 5.73 Å². The molecule has 0 aromatic heterocycles. The number of fused-ring (bicyclic) bond motifs is 1. The molecule has 47 heavy (non-hydrogen) atoms. The molecule has 2 rings (SSSR count). The van der Waals surface area contributed by atoms with Gasteiger partial charge in [-0.3, -0.25) is 43.2 Å². The minimum atomic E-state index is -1.51. The van der Waals surface area contributed by atoms with E-state index in [1.165, 1.54) is 0 Å². The van der Waals surface area contributed by atoms with Crippen molar-refractivity contribution in [3.05, 3.63) is 0 Å². The van der Waals surface area contributed by atoms with Crippen molar-refractivity contribution in [2.24, 2.45) is 5.73 Å². The van der Waals surface area contributed by atoms with Crippen molar-refractivity contribution in [3.8, 4) is 0 Å². The Kier molecular flexibility index (Phi) is 15.5. The first-order valence-corrected chi connectivity index (χ1v) is 15.1. The molecular weight excluding hydrogens is 626 g/mol. The zero-order valence-electron chi connectivity index (χ0n) is 26.0. The largest absolute Gasteiger partial charge is 0.394 e. The third kappa shape index (κ3) is 12.8. The van der Waals surface area contributed by atoms with Crippen LogP contribution in [0.15, 0.2) is 0 Å². The molecule has 5 atom stereocenters. The van der Waals surface area contributed by atoms with Gasteiger partial charge in [0.1, 0.15) is 24.2 Å². The normalized spacial score (nSPS) is 25.5. The number of hydrogen-bond acceptors (Lipinski definition) is 11. The van der Waals surface area contributed by atoms with Crippen LogP contribution < -0.4 is 43.0 Å². The molecule has 20 nitrogen and oxygen atoms in total. The molecule has 11 N–H and O–H groups in total. The summed E-state index contributed by atoms with van der Waals surface area (Å²) in [4.78, 5) is 115. The molecular formula is C27H43N9O11. The molecule has 2 aliphatic heterocycles. The predicted octanol–water partition coefficient (Wildman–Crippen LogP) is -6.67. The van der Waals surface area contributed by atoms with Crippen LogP contribution in [0.2, 0.25) is 0 Å². The number of aliphatic hydroxyl groups is 2. The number of aliphatic hydroxyl groups excluding tert-OH is 2. The molecule has 5 unspecified atom stereocenters. The second-order valence-electron chi connectivity index (χ2n) is 11.0. The number of hydrogen-bond donors (Lipinski definition) is 10. The number of carbonyl (C=O) groups is 9. The monoisotopic (exact) mass is 669 g/mol. The van der Waals surface area contributed by atoms with Gasteiger partial charge in [0.25, 0.3) is 0 Å². The maximum Gasteiger partial charge on any atom is 0.246 e. The van der Waals surface area contributed by atoms with Crippen molar-refractivity contribution in [1.82, 2.24) is 42.1 Å². The highest BCUT2D eigenvalue weighted by Gasteiger charge is 2.39. The minimum Gasteiger partial charge on any atom is -0.394 e. The molecule has 0 aliphatic carbocycles. The molecule has 0 saturated carbocycles. The molecule has 2 heterocycles. The van der Waals surface area contributed by atoms with Crippen molar-refractivity contribution in [2.75, 3.05) is 39.3 Å². The number of primary amides is 1. The SMILES string of the molecule is CCCC1NC(=O)CNC(=O)CNC(=O)C(CC(O)CO)NC(=O)C2CCCN2C(=O)C(CC(N)=O)NC(=O)CNC(=O)CNC1=O. The van der Waals surface area contributed by atoms with Crippen molar-refractivity contribution in [3.63, 3.8) is 0 Å². The molecule has 2 aliphatic rings. The summed E-state index contributed by atoms with van der Waals surface area (Å²) in [5.41, 5.74) is 5.29. The highest BCUT2D eigenvalue weighted by Crippen LogP contribution is 2.20. The Bertz CT molecular complexity index is 1210. The van der Waals surface area contributed by atoms with E-state index in [0.717, 1.165) is 4.90 Å². The lowest BCUT2D eigenvalue weighted by Gasteiger charge is -2.29. The minimum absolute atomic E-state index is 0.0430. The van der Waals surface area contributed by atoms with Crippen molar-refractivity contribution in [1.29, 1.82) is 0 Å². The fourth-order valence-corrected chi connectivity index (χ4v) is 4.86. The van der Waals surface area contributed by atoms with E-state index in [9.17, 15) is 53.4 Å². The quantitative estimate of drug-likeness (QED) is 0.121. The Morgan fingerprint density at radius 3 is 1.85 bits per heavy atom. The van der Waals surface area contributed by atoms with E-state index in [-0.39, 0.29) is 19.4 Å². The average molecular weight is 670 g/mol. The van der Waals surface area contributed by atoms with Crippen LogP contribution in [0, 0.1) is 0 Å². The van der Waals surface area contributed by atoms with Gasteiger partial charge in [-0.25, -0.2) is 0 Å². The van der Waals surface area contributed by atoms with Crippen molar-refractivity contribution >= 4 is 53.2 Å². The Balaban J connectivity index is 2.32. The standard InChI is InChI=1S/C27H43N9O11/c1-2-4-15-24(44)31-9-20(40)30-12-23(43)34-17(8-19(28)39)27(47)36-6-3-5-18(36)26(46)35-16(7-14(38)13-37)25(45)32-10-21(41)29-11-22(42)33-15/h14-18,37-38H,2-13H2,1H3,(H2,28,39)(H,29,41)(H,30,40)(H,31,44)(H,32,45)(H,33,42)(H,34,43)(H,35,46). The van der Waals surface area contributed by atoms with E-state index in [1.807, 2.05) is 0 Å². The fourth-order valence-electron chi connectivity index (χ4n) is 4.86. The Labute approximate surface area is 269 Å². The zero-order valence-corrected chi connectivity index (χ0v) is 26.0. The molecule has 0 bridgehead atoms. The maximum absolute atomic E-state index is 13.4. The van der Waals surface area contributed by atoms with Gasteiger partial charge in [-0.15, -0.1) is 0 Å². The summed E-state index contributed by atoms with van der Waals surface area (Å²) in [5, 5.41) is 35.6. The van der Waals surface area contributed by atoms with E-state index in [0.29, 0.717) is 12.8 Å². The third-order valence-electron chi connectivity index (χ3n) is 7.20. The first kappa shape index (κ1) is 38.3. The number of nitrogens with two attached hydrogens (primary N) is 1. The maximum atomic E-state index is 13.4. The van der Waals surface area contributed by atoms with Gasteiger partial charge < -0.3 is 58.1 Å². The van der Waals surface area contributed by atoms with Gasteiger partial charge in [0.2, 0.25) is 53.2 Å². The lowest BCUT2D eigenvalue weighted by molar-refractivity contribution is -0.143. The van der Waals surface area contributed by atoms with Crippen molar-refractivity contribution < 1.29 is 53.4 Å². The zero-order chi connectivity index (χ0) is 35.1.